The van der Waals surface area contributed by atoms with Crippen molar-refractivity contribution in [2.45, 2.75) is 45.4 Å². The summed E-state index contributed by atoms with van der Waals surface area (Å²) in [7, 11) is 0. The molecule has 1 saturated heterocycles. The number of aromatic amines is 2. The normalized spacial score (nSPS) is 18.0. The number of carbonyl (C=O) groups is 1. The van der Waals surface area contributed by atoms with Crippen LogP contribution in [0.4, 0.5) is 0 Å². The van der Waals surface area contributed by atoms with Gasteiger partial charge in [0.25, 0.3) is 5.91 Å². The maximum atomic E-state index is 12.9. The number of benzene rings is 1. The molecule has 0 radical (unpaired) electrons. The second-order valence-electron chi connectivity index (χ2n) is 7.55. The van der Waals surface area contributed by atoms with Gasteiger partial charge in [0.1, 0.15) is 11.5 Å². The molecule has 0 unspecified atom stereocenters. The zero-order chi connectivity index (χ0) is 18.3. The molecule has 0 saturated carbocycles. The lowest BCUT2D eigenvalue weighted by atomic mass is 9.97. The van der Waals surface area contributed by atoms with Crippen LogP contribution in [-0.4, -0.2) is 44.1 Å². The highest BCUT2D eigenvalue weighted by molar-refractivity contribution is 5.92. The fraction of sp³-hybridized carbons (Fsp3) is 0.450. The van der Waals surface area contributed by atoms with Gasteiger partial charge in [-0.1, -0.05) is 26.0 Å². The van der Waals surface area contributed by atoms with Crippen molar-refractivity contribution in [1.82, 2.24) is 25.1 Å². The molecule has 136 valence electrons. The smallest absolute Gasteiger partial charge is 0.274 e. The number of hydrogen-bond acceptors (Lipinski definition) is 3. The summed E-state index contributed by atoms with van der Waals surface area (Å²) in [5.41, 5.74) is 4.77. The molecule has 1 aliphatic heterocycles. The van der Waals surface area contributed by atoms with Gasteiger partial charge in [-0.25, -0.2) is 4.98 Å². The Bertz CT molecular complexity index is 939. The van der Waals surface area contributed by atoms with Gasteiger partial charge in [0, 0.05) is 24.7 Å². The fourth-order valence-electron chi connectivity index (χ4n) is 3.68. The van der Waals surface area contributed by atoms with Gasteiger partial charge in [-0.2, -0.15) is 5.10 Å². The van der Waals surface area contributed by atoms with E-state index in [1.165, 1.54) is 5.56 Å². The first-order valence-electron chi connectivity index (χ1n) is 9.32. The van der Waals surface area contributed by atoms with Gasteiger partial charge >= 0.3 is 0 Å². The van der Waals surface area contributed by atoms with Crippen LogP contribution in [-0.2, 0) is 0 Å². The molecular formula is C20H25N5O. The summed E-state index contributed by atoms with van der Waals surface area (Å²) in [6.07, 6.45) is 2.02. The summed E-state index contributed by atoms with van der Waals surface area (Å²) in [6, 6.07) is 8.05. The lowest BCUT2D eigenvalue weighted by Crippen LogP contribution is -2.39. The standard InChI is InChI=1S/C20H25N5O/c1-12(2)16-10-17(24-23-16)20(26)25-9-5-7-14(11-25)19-21-15-8-4-6-13(3)18(15)22-19/h4,6,8,10,12,14H,5,7,9,11H2,1-3H3,(H,21,22)(H,23,24)/t14-/m1/s1. The lowest BCUT2D eigenvalue weighted by molar-refractivity contribution is 0.0699. The van der Waals surface area contributed by atoms with E-state index in [-0.39, 0.29) is 11.8 Å². The first-order chi connectivity index (χ1) is 12.5. The molecular weight excluding hydrogens is 326 g/mol. The summed E-state index contributed by atoms with van der Waals surface area (Å²) in [4.78, 5) is 23.0. The number of carbonyl (C=O) groups excluding carboxylic acids is 1. The second kappa shape index (κ2) is 6.59. The number of likely N-dealkylation sites (tertiary alicyclic amines) is 1. The Morgan fingerprint density at radius 1 is 1.35 bits per heavy atom. The summed E-state index contributed by atoms with van der Waals surface area (Å²) in [5, 5.41) is 7.19. The van der Waals surface area contributed by atoms with Crippen LogP contribution < -0.4 is 0 Å². The Morgan fingerprint density at radius 3 is 2.92 bits per heavy atom. The Balaban J connectivity index is 1.54. The van der Waals surface area contributed by atoms with Crippen molar-refractivity contribution >= 4 is 16.9 Å². The van der Waals surface area contributed by atoms with E-state index in [4.69, 9.17) is 4.98 Å². The van der Waals surface area contributed by atoms with Gasteiger partial charge < -0.3 is 9.88 Å². The Kier molecular flexibility index (Phi) is 4.26. The molecule has 3 aromatic rings. The number of rotatable bonds is 3. The quantitative estimate of drug-likeness (QED) is 0.754. The topological polar surface area (TPSA) is 77.7 Å². The average molecular weight is 351 g/mol. The van der Waals surface area contributed by atoms with Crippen LogP contribution in [0.2, 0.25) is 0 Å². The van der Waals surface area contributed by atoms with Gasteiger partial charge in [-0.3, -0.25) is 9.89 Å². The maximum absolute atomic E-state index is 12.9. The van der Waals surface area contributed by atoms with Crippen LogP contribution in [0.15, 0.2) is 24.3 Å². The van der Waals surface area contributed by atoms with E-state index >= 15 is 0 Å². The number of amides is 1. The van der Waals surface area contributed by atoms with Crippen molar-refractivity contribution in [2.75, 3.05) is 13.1 Å². The van der Waals surface area contributed by atoms with Gasteiger partial charge in [0.2, 0.25) is 0 Å². The van der Waals surface area contributed by atoms with Gasteiger partial charge in [0.15, 0.2) is 0 Å². The van der Waals surface area contributed by atoms with Crippen molar-refractivity contribution in [2.24, 2.45) is 0 Å². The minimum Gasteiger partial charge on any atom is -0.342 e. The molecule has 6 nitrogen and oxygen atoms in total. The SMILES string of the molecule is Cc1cccc2[nH]c([C@@H]3CCCN(C(=O)c4cc(C(C)C)[nH]n4)C3)nc12. The number of nitrogens with zero attached hydrogens (tertiary/aromatic N) is 3. The summed E-state index contributed by atoms with van der Waals surface area (Å²) >= 11 is 0. The predicted molar refractivity (Wildman–Crippen MR) is 101 cm³/mol. The molecule has 2 aromatic heterocycles. The zero-order valence-electron chi connectivity index (χ0n) is 15.5. The lowest BCUT2D eigenvalue weighted by Gasteiger charge is -2.31. The molecule has 4 rings (SSSR count). The predicted octanol–water partition coefficient (Wildman–Crippen LogP) is 3.74. The van der Waals surface area contributed by atoms with E-state index in [1.54, 1.807) is 0 Å². The summed E-state index contributed by atoms with van der Waals surface area (Å²) in [6.45, 7) is 7.71. The average Bonchev–Trinajstić information content (AvgIpc) is 3.29. The first-order valence-corrected chi connectivity index (χ1v) is 9.32. The summed E-state index contributed by atoms with van der Waals surface area (Å²) < 4.78 is 0. The number of piperidine rings is 1. The number of hydrogen-bond donors (Lipinski definition) is 2. The Hall–Kier alpha value is -2.63. The number of imidazole rings is 1. The third-order valence-electron chi connectivity index (χ3n) is 5.27. The third kappa shape index (κ3) is 3.00. The van der Waals surface area contributed by atoms with E-state index < -0.39 is 0 Å². The highest BCUT2D eigenvalue weighted by atomic mass is 16.2. The highest BCUT2D eigenvalue weighted by Crippen LogP contribution is 2.28. The van der Waals surface area contributed by atoms with Crippen LogP contribution >= 0.6 is 0 Å². The molecule has 0 aliphatic carbocycles. The maximum Gasteiger partial charge on any atom is 0.274 e. The number of fused-ring (bicyclic) bond motifs is 1. The molecule has 1 fully saturated rings. The minimum atomic E-state index is 0.00476. The second-order valence-corrected chi connectivity index (χ2v) is 7.55. The van der Waals surface area contributed by atoms with E-state index in [0.29, 0.717) is 18.2 Å². The van der Waals surface area contributed by atoms with Crippen molar-refractivity contribution in [3.8, 4) is 0 Å². The Morgan fingerprint density at radius 2 is 2.19 bits per heavy atom. The minimum absolute atomic E-state index is 0.00476. The largest absolute Gasteiger partial charge is 0.342 e. The molecule has 1 atom stereocenters. The van der Waals surface area contributed by atoms with Crippen LogP contribution in [0.3, 0.4) is 0 Å². The number of nitrogens with one attached hydrogen (secondary N) is 2. The highest BCUT2D eigenvalue weighted by Gasteiger charge is 2.28. The third-order valence-corrected chi connectivity index (χ3v) is 5.27. The van der Waals surface area contributed by atoms with Crippen molar-refractivity contribution in [3.05, 3.63) is 47.0 Å². The van der Waals surface area contributed by atoms with Crippen LogP contribution in [0.1, 0.15) is 66.1 Å². The van der Waals surface area contributed by atoms with Crippen molar-refractivity contribution < 1.29 is 4.79 Å². The van der Waals surface area contributed by atoms with Gasteiger partial charge in [-0.15, -0.1) is 0 Å². The zero-order valence-corrected chi connectivity index (χ0v) is 15.5. The molecule has 3 heterocycles. The first kappa shape index (κ1) is 16.8. The van der Waals surface area contributed by atoms with Crippen molar-refractivity contribution in [1.29, 1.82) is 0 Å². The number of aryl methyl sites for hydroxylation is 1. The Labute approximate surface area is 153 Å². The molecule has 0 bridgehead atoms. The molecule has 1 aliphatic rings. The molecule has 0 spiro atoms. The van der Waals surface area contributed by atoms with Crippen LogP contribution in [0, 0.1) is 6.92 Å². The molecule has 2 N–H and O–H groups in total. The fourth-order valence-corrected chi connectivity index (χ4v) is 3.68. The van der Waals surface area contributed by atoms with E-state index in [1.807, 2.05) is 17.0 Å². The van der Waals surface area contributed by atoms with Crippen LogP contribution in [0.5, 0.6) is 0 Å². The number of H-pyrrole nitrogens is 2. The molecule has 26 heavy (non-hydrogen) atoms. The van der Waals surface area contributed by atoms with Gasteiger partial charge in [0.05, 0.1) is 11.0 Å². The monoisotopic (exact) mass is 351 g/mol. The van der Waals surface area contributed by atoms with Crippen LogP contribution in [0.25, 0.3) is 11.0 Å². The molecule has 1 amide bonds. The van der Waals surface area contributed by atoms with E-state index in [9.17, 15) is 4.79 Å². The van der Waals surface area contributed by atoms with Crippen molar-refractivity contribution in [3.63, 3.8) is 0 Å². The number of aromatic nitrogens is 4. The van der Waals surface area contributed by atoms with Gasteiger partial charge in [-0.05, 0) is 43.4 Å². The molecule has 1 aromatic carbocycles. The molecule has 6 heteroatoms. The van der Waals surface area contributed by atoms with E-state index in [0.717, 1.165) is 41.9 Å². The number of para-hydroxylation sites is 1. The van der Waals surface area contributed by atoms with E-state index in [2.05, 4.69) is 48.1 Å². The summed E-state index contributed by atoms with van der Waals surface area (Å²) in [5.74, 6) is 1.56.